The van der Waals surface area contributed by atoms with Gasteiger partial charge in [-0.1, -0.05) is 146 Å². The molecule has 2 heteroatoms. The number of anilines is 3. The number of fused-ring (bicyclic) bond motifs is 6. The Morgan fingerprint density at radius 2 is 0.821 bits per heavy atom. The maximum atomic E-state index is 2.43. The molecule has 11 rings (SSSR count). The Morgan fingerprint density at radius 3 is 1.57 bits per heavy atom. The van der Waals surface area contributed by atoms with Crippen molar-refractivity contribution in [3.8, 4) is 27.9 Å². The molecule has 0 aliphatic carbocycles. The van der Waals surface area contributed by atoms with Gasteiger partial charge in [0.25, 0.3) is 0 Å². The molecule has 56 heavy (non-hydrogen) atoms. The second kappa shape index (κ2) is 13.2. The molecule has 1 aromatic heterocycles. The van der Waals surface area contributed by atoms with Crippen molar-refractivity contribution in [1.82, 2.24) is 4.57 Å². The summed E-state index contributed by atoms with van der Waals surface area (Å²) in [5.41, 5.74) is 11.8. The lowest BCUT2D eigenvalue weighted by Crippen LogP contribution is -2.10. The maximum absolute atomic E-state index is 2.43. The molecule has 0 aliphatic rings. The van der Waals surface area contributed by atoms with Crippen LogP contribution in [0.1, 0.15) is 0 Å². The first kappa shape index (κ1) is 32.0. The summed E-state index contributed by atoms with van der Waals surface area (Å²) in [4.78, 5) is 2.43. The van der Waals surface area contributed by atoms with E-state index in [1.807, 2.05) is 0 Å². The van der Waals surface area contributed by atoms with Crippen LogP contribution in [0.5, 0.6) is 0 Å². The fourth-order valence-corrected chi connectivity index (χ4v) is 8.57. The topological polar surface area (TPSA) is 8.17 Å². The fourth-order valence-electron chi connectivity index (χ4n) is 8.57. The Hall–Kier alpha value is -7.42. The van der Waals surface area contributed by atoms with E-state index in [2.05, 4.69) is 228 Å². The number of aromatic nitrogens is 1. The summed E-state index contributed by atoms with van der Waals surface area (Å²) in [6.07, 6.45) is 0. The van der Waals surface area contributed by atoms with Crippen molar-refractivity contribution in [2.45, 2.75) is 0 Å². The van der Waals surface area contributed by atoms with Crippen molar-refractivity contribution < 1.29 is 0 Å². The third kappa shape index (κ3) is 5.42. The molecule has 0 amide bonds. The Kier molecular flexibility index (Phi) is 7.53. The van der Waals surface area contributed by atoms with Gasteiger partial charge in [-0.15, -0.1) is 0 Å². The molecule has 0 unspecified atom stereocenters. The molecule has 10 aromatic carbocycles. The van der Waals surface area contributed by atoms with Crippen LogP contribution in [0, 0.1) is 0 Å². The van der Waals surface area contributed by atoms with Crippen molar-refractivity contribution >= 4 is 71.2 Å². The zero-order valence-corrected chi connectivity index (χ0v) is 30.7. The third-order valence-corrected chi connectivity index (χ3v) is 11.3. The number of hydrogen-bond acceptors (Lipinski definition) is 1. The highest BCUT2D eigenvalue weighted by Gasteiger charge is 2.19. The molecule has 0 N–H and O–H groups in total. The molecular formula is C54H36N2. The summed E-state index contributed by atoms with van der Waals surface area (Å²) in [6, 6.07) is 79.6. The van der Waals surface area contributed by atoms with Crippen molar-refractivity contribution in [2.24, 2.45) is 0 Å². The van der Waals surface area contributed by atoms with E-state index in [4.69, 9.17) is 0 Å². The zero-order valence-electron chi connectivity index (χ0n) is 30.7. The van der Waals surface area contributed by atoms with Crippen LogP contribution < -0.4 is 4.90 Å². The van der Waals surface area contributed by atoms with E-state index in [0.717, 1.165) is 22.7 Å². The first-order chi connectivity index (χ1) is 27.7. The lowest BCUT2D eigenvalue weighted by Gasteiger charge is -2.27. The van der Waals surface area contributed by atoms with Crippen molar-refractivity contribution in [3.05, 3.63) is 218 Å². The second-order valence-corrected chi connectivity index (χ2v) is 14.6. The molecule has 262 valence electrons. The van der Waals surface area contributed by atoms with Crippen LogP contribution in [0.2, 0.25) is 0 Å². The van der Waals surface area contributed by atoms with Gasteiger partial charge >= 0.3 is 0 Å². The quantitative estimate of drug-likeness (QED) is 0.167. The van der Waals surface area contributed by atoms with Crippen LogP contribution in [0.25, 0.3) is 82.1 Å². The standard InChI is InChI=1S/C54H36N2/c1-3-12-37(13-4-1)41-25-22-38-23-26-42(33-44(38)32-41)43-27-24-39-28-29-47(35-45(39)34-43)55(52-21-11-15-40-14-7-8-18-49(40)52)48-30-31-54-51(36-48)50-19-9-10-20-53(50)56(54)46-16-5-2-6-17-46/h1-36H. The summed E-state index contributed by atoms with van der Waals surface area (Å²) < 4.78 is 2.38. The van der Waals surface area contributed by atoms with E-state index in [0.29, 0.717) is 0 Å². The van der Waals surface area contributed by atoms with Crippen LogP contribution in [0.3, 0.4) is 0 Å². The summed E-state index contributed by atoms with van der Waals surface area (Å²) in [5, 5.41) is 9.78. The van der Waals surface area contributed by atoms with Gasteiger partial charge in [-0.2, -0.15) is 0 Å². The molecule has 0 aliphatic heterocycles. The molecule has 11 aromatic rings. The first-order valence-corrected chi connectivity index (χ1v) is 19.3. The van der Waals surface area contributed by atoms with Gasteiger partial charge in [-0.25, -0.2) is 0 Å². The Balaban J connectivity index is 1.08. The molecular weight excluding hydrogens is 677 g/mol. The highest BCUT2D eigenvalue weighted by molar-refractivity contribution is 6.11. The van der Waals surface area contributed by atoms with Crippen molar-refractivity contribution in [2.75, 3.05) is 4.90 Å². The fraction of sp³-hybridized carbons (Fsp3) is 0. The van der Waals surface area contributed by atoms with Gasteiger partial charge < -0.3 is 9.47 Å². The Morgan fingerprint density at radius 1 is 0.286 bits per heavy atom. The lowest BCUT2D eigenvalue weighted by molar-refractivity contribution is 1.18. The summed E-state index contributed by atoms with van der Waals surface area (Å²) in [5.74, 6) is 0. The Labute approximate surface area is 325 Å². The van der Waals surface area contributed by atoms with Gasteiger partial charge in [0.05, 0.1) is 16.7 Å². The predicted molar refractivity (Wildman–Crippen MR) is 239 cm³/mol. The van der Waals surface area contributed by atoms with Crippen molar-refractivity contribution in [1.29, 1.82) is 0 Å². The van der Waals surface area contributed by atoms with Crippen LogP contribution in [-0.2, 0) is 0 Å². The molecule has 2 nitrogen and oxygen atoms in total. The molecule has 0 fully saturated rings. The number of rotatable bonds is 6. The number of para-hydroxylation sites is 2. The molecule has 0 saturated heterocycles. The number of benzene rings is 10. The van der Waals surface area contributed by atoms with E-state index in [1.54, 1.807) is 0 Å². The molecule has 0 radical (unpaired) electrons. The van der Waals surface area contributed by atoms with Gasteiger partial charge in [0.2, 0.25) is 0 Å². The number of nitrogens with zero attached hydrogens (tertiary/aromatic N) is 2. The first-order valence-electron chi connectivity index (χ1n) is 19.3. The maximum Gasteiger partial charge on any atom is 0.0542 e. The van der Waals surface area contributed by atoms with E-state index in [9.17, 15) is 0 Å². The largest absolute Gasteiger partial charge is 0.310 e. The molecule has 0 spiro atoms. The van der Waals surface area contributed by atoms with E-state index in [1.165, 1.54) is 76.4 Å². The normalized spacial score (nSPS) is 11.6. The lowest BCUT2D eigenvalue weighted by atomic mass is 9.96. The molecule has 1 heterocycles. The Bertz CT molecular complexity index is 3240. The third-order valence-electron chi connectivity index (χ3n) is 11.3. The monoisotopic (exact) mass is 712 g/mol. The van der Waals surface area contributed by atoms with Crippen LogP contribution in [0.4, 0.5) is 17.1 Å². The molecule has 0 bridgehead atoms. The van der Waals surface area contributed by atoms with Gasteiger partial charge in [0.1, 0.15) is 0 Å². The smallest absolute Gasteiger partial charge is 0.0542 e. The second-order valence-electron chi connectivity index (χ2n) is 14.6. The SMILES string of the molecule is c1ccc(-c2ccc3ccc(-c4ccc5ccc(N(c6ccc7c(c6)c6ccccc6n7-c6ccccc6)c6cccc7ccccc67)cc5c4)cc3c2)cc1. The summed E-state index contributed by atoms with van der Waals surface area (Å²) in [6.45, 7) is 0. The van der Waals surface area contributed by atoms with E-state index in [-0.39, 0.29) is 0 Å². The highest BCUT2D eigenvalue weighted by atomic mass is 15.1. The van der Waals surface area contributed by atoms with Gasteiger partial charge in [-0.3, -0.25) is 0 Å². The van der Waals surface area contributed by atoms with Gasteiger partial charge in [0.15, 0.2) is 0 Å². The van der Waals surface area contributed by atoms with Crippen molar-refractivity contribution in [3.63, 3.8) is 0 Å². The highest BCUT2D eigenvalue weighted by Crippen LogP contribution is 2.43. The minimum atomic E-state index is 1.11. The van der Waals surface area contributed by atoms with Gasteiger partial charge in [0, 0.05) is 33.2 Å². The predicted octanol–water partition coefficient (Wildman–Crippen LogP) is 15.0. The number of hydrogen-bond donors (Lipinski definition) is 0. The minimum absolute atomic E-state index is 1.11. The van der Waals surface area contributed by atoms with E-state index >= 15 is 0 Å². The average Bonchev–Trinajstić information content (AvgIpc) is 3.60. The zero-order chi connectivity index (χ0) is 37.0. The van der Waals surface area contributed by atoms with Crippen LogP contribution >= 0.6 is 0 Å². The summed E-state index contributed by atoms with van der Waals surface area (Å²) in [7, 11) is 0. The van der Waals surface area contributed by atoms with E-state index < -0.39 is 0 Å². The van der Waals surface area contributed by atoms with Gasteiger partial charge in [-0.05, 0) is 122 Å². The summed E-state index contributed by atoms with van der Waals surface area (Å²) >= 11 is 0. The van der Waals surface area contributed by atoms with Crippen LogP contribution in [0.15, 0.2) is 218 Å². The average molecular weight is 713 g/mol. The van der Waals surface area contributed by atoms with Crippen LogP contribution in [-0.4, -0.2) is 4.57 Å². The molecule has 0 saturated carbocycles. The minimum Gasteiger partial charge on any atom is -0.310 e. The molecule has 0 atom stereocenters.